The van der Waals surface area contributed by atoms with Crippen molar-refractivity contribution in [3.8, 4) is 0 Å². The second kappa shape index (κ2) is 6.79. The van der Waals surface area contributed by atoms with Crippen LogP contribution in [0.4, 0.5) is 4.79 Å². The normalized spacial score (nSPS) is 16.4. The molecule has 8 nitrogen and oxygen atoms in total. The van der Waals surface area contributed by atoms with E-state index < -0.39 is 5.97 Å². The van der Waals surface area contributed by atoms with Crippen LogP contribution < -0.4 is 5.32 Å². The van der Waals surface area contributed by atoms with Gasteiger partial charge in [-0.25, -0.2) is 14.3 Å². The highest BCUT2D eigenvalue weighted by Crippen LogP contribution is 2.20. The summed E-state index contributed by atoms with van der Waals surface area (Å²) in [5, 5.41) is 19.1. The number of nitrogens with zero attached hydrogens (tertiary/aromatic N) is 4. The number of likely N-dealkylation sites (tertiary alicyclic amines) is 1. The number of hydrogen-bond donors (Lipinski definition) is 2. The second-order valence-corrected chi connectivity index (χ2v) is 6.07. The van der Waals surface area contributed by atoms with Gasteiger partial charge in [0.1, 0.15) is 0 Å². The van der Waals surface area contributed by atoms with E-state index in [9.17, 15) is 9.59 Å². The quantitative estimate of drug-likeness (QED) is 0.801. The molecule has 1 saturated heterocycles. The number of rotatable bonds is 6. The number of carboxylic acids is 1. The van der Waals surface area contributed by atoms with Crippen LogP contribution in [-0.4, -0.2) is 68.1 Å². The van der Waals surface area contributed by atoms with E-state index >= 15 is 0 Å². The molecular weight excluding hydrogens is 294 g/mol. The number of carbonyl (C=O) groups excluding carboxylic acids is 1. The van der Waals surface area contributed by atoms with Crippen LogP contribution in [0, 0.1) is 0 Å². The molecule has 116 valence electrons. The van der Waals surface area contributed by atoms with E-state index in [1.54, 1.807) is 16.7 Å². The molecule has 0 radical (unpaired) electrons. The van der Waals surface area contributed by atoms with Crippen molar-refractivity contribution in [2.45, 2.75) is 25.4 Å². The van der Waals surface area contributed by atoms with Crippen molar-refractivity contribution in [3.63, 3.8) is 0 Å². The Hall–Kier alpha value is -1.77. The molecular formula is C12H19N5O3S. The Labute approximate surface area is 126 Å². The fraction of sp³-hybridized carbons (Fsp3) is 0.667. The fourth-order valence-corrected chi connectivity index (χ4v) is 2.60. The van der Waals surface area contributed by atoms with Gasteiger partial charge in [-0.1, -0.05) is 5.21 Å². The Morgan fingerprint density at radius 2 is 2.29 bits per heavy atom. The molecule has 0 saturated carbocycles. The van der Waals surface area contributed by atoms with E-state index in [2.05, 4.69) is 15.6 Å². The molecule has 2 amide bonds. The van der Waals surface area contributed by atoms with Crippen molar-refractivity contribution in [1.29, 1.82) is 0 Å². The summed E-state index contributed by atoms with van der Waals surface area (Å²) >= 11 is 1.76. The van der Waals surface area contributed by atoms with Crippen molar-refractivity contribution in [2.24, 2.45) is 0 Å². The topological polar surface area (TPSA) is 100 Å². The number of urea groups is 1. The van der Waals surface area contributed by atoms with Gasteiger partial charge in [0.25, 0.3) is 0 Å². The minimum absolute atomic E-state index is 0.00199. The van der Waals surface area contributed by atoms with Gasteiger partial charge in [0.2, 0.25) is 0 Å². The highest BCUT2D eigenvalue weighted by Gasteiger charge is 2.33. The average Bonchev–Trinajstić information content (AvgIpc) is 2.84. The van der Waals surface area contributed by atoms with Crippen LogP contribution in [0.3, 0.4) is 0 Å². The first kappa shape index (κ1) is 15.6. The minimum atomic E-state index is -1.10. The lowest BCUT2D eigenvalue weighted by Gasteiger charge is -2.39. The smallest absolute Gasteiger partial charge is 0.358 e. The number of hydrogen-bond acceptors (Lipinski definition) is 5. The summed E-state index contributed by atoms with van der Waals surface area (Å²) in [5.74, 6) is -0.0844. The van der Waals surface area contributed by atoms with Gasteiger partial charge < -0.3 is 15.3 Å². The Bertz CT molecular complexity index is 515. The van der Waals surface area contributed by atoms with E-state index in [0.717, 1.165) is 12.2 Å². The van der Waals surface area contributed by atoms with E-state index in [1.807, 2.05) is 13.2 Å². The molecule has 0 aromatic carbocycles. The molecule has 2 heterocycles. The van der Waals surface area contributed by atoms with Crippen LogP contribution in [0.1, 0.15) is 29.9 Å². The monoisotopic (exact) mass is 313 g/mol. The minimum Gasteiger partial charge on any atom is -0.476 e. The van der Waals surface area contributed by atoms with E-state index in [0.29, 0.717) is 13.1 Å². The van der Waals surface area contributed by atoms with Crippen LogP contribution >= 0.6 is 11.8 Å². The number of carboxylic acid groups (broad SMARTS) is 1. The van der Waals surface area contributed by atoms with Crippen LogP contribution in [-0.2, 0) is 0 Å². The van der Waals surface area contributed by atoms with Gasteiger partial charge in [-0.3, -0.25) is 0 Å². The first-order valence-electron chi connectivity index (χ1n) is 6.70. The summed E-state index contributed by atoms with van der Waals surface area (Å²) < 4.78 is 1.50. The van der Waals surface area contributed by atoms with Crippen molar-refractivity contribution < 1.29 is 14.7 Å². The molecule has 1 aliphatic heterocycles. The third-order valence-corrected chi connectivity index (χ3v) is 4.02. The van der Waals surface area contributed by atoms with Crippen molar-refractivity contribution in [1.82, 2.24) is 25.2 Å². The zero-order valence-corrected chi connectivity index (χ0v) is 12.8. The zero-order valence-electron chi connectivity index (χ0n) is 12.0. The molecule has 9 heteroatoms. The first-order chi connectivity index (χ1) is 10.0. The van der Waals surface area contributed by atoms with Gasteiger partial charge >= 0.3 is 12.0 Å². The molecule has 2 rings (SSSR count). The SMILES string of the molecule is CSCCC(C)NC(=O)N1CC(n2cc(C(=O)O)nn2)C1. The third-order valence-electron chi connectivity index (χ3n) is 3.38. The van der Waals surface area contributed by atoms with Gasteiger partial charge in [0.05, 0.1) is 12.2 Å². The Kier molecular flexibility index (Phi) is 5.05. The van der Waals surface area contributed by atoms with Gasteiger partial charge in [-0.05, 0) is 25.4 Å². The maximum absolute atomic E-state index is 12.0. The van der Waals surface area contributed by atoms with Crippen molar-refractivity contribution >= 4 is 23.8 Å². The van der Waals surface area contributed by atoms with Crippen LogP contribution in [0.5, 0.6) is 0 Å². The van der Waals surface area contributed by atoms with E-state index in [-0.39, 0.29) is 23.8 Å². The predicted octanol–water partition coefficient (Wildman–Crippen LogP) is 0.684. The van der Waals surface area contributed by atoms with E-state index in [1.165, 1.54) is 10.9 Å². The highest BCUT2D eigenvalue weighted by atomic mass is 32.2. The highest BCUT2D eigenvalue weighted by molar-refractivity contribution is 7.98. The third kappa shape index (κ3) is 3.87. The summed E-state index contributed by atoms with van der Waals surface area (Å²) in [5.41, 5.74) is -0.0800. The summed E-state index contributed by atoms with van der Waals surface area (Å²) in [7, 11) is 0. The molecule has 0 spiro atoms. The molecule has 1 unspecified atom stereocenters. The Balaban J connectivity index is 1.77. The number of carbonyl (C=O) groups is 2. The lowest BCUT2D eigenvalue weighted by Crippen LogP contribution is -2.55. The summed E-state index contributed by atoms with van der Waals surface area (Å²) in [6.45, 7) is 3.02. The van der Waals surface area contributed by atoms with Crippen LogP contribution in [0.2, 0.25) is 0 Å². The lowest BCUT2D eigenvalue weighted by atomic mass is 10.1. The standard InChI is InChI=1S/C12H19N5O3S/c1-8(3-4-21-2)13-12(20)16-5-9(6-16)17-7-10(11(18)19)14-15-17/h7-9H,3-6H2,1-2H3,(H,13,20)(H,18,19). The predicted molar refractivity (Wildman–Crippen MR) is 78.6 cm³/mol. The molecule has 0 aliphatic carbocycles. The second-order valence-electron chi connectivity index (χ2n) is 5.08. The Morgan fingerprint density at radius 1 is 1.57 bits per heavy atom. The average molecular weight is 313 g/mol. The molecule has 2 N–H and O–H groups in total. The summed E-state index contributed by atoms with van der Waals surface area (Å²) in [6.07, 6.45) is 4.37. The number of amides is 2. The summed E-state index contributed by atoms with van der Waals surface area (Å²) in [4.78, 5) is 24.4. The molecule has 1 atom stereocenters. The molecule has 1 aliphatic rings. The molecule has 1 aromatic rings. The first-order valence-corrected chi connectivity index (χ1v) is 8.10. The lowest BCUT2D eigenvalue weighted by molar-refractivity contribution is 0.0690. The molecule has 1 fully saturated rings. The van der Waals surface area contributed by atoms with Crippen molar-refractivity contribution in [2.75, 3.05) is 25.1 Å². The molecule has 0 bridgehead atoms. The fourth-order valence-electron chi connectivity index (χ4n) is 2.01. The van der Waals surface area contributed by atoms with Crippen LogP contribution in [0.25, 0.3) is 0 Å². The van der Waals surface area contributed by atoms with Gasteiger partial charge in [0, 0.05) is 19.1 Å². The number of aromatic nitrogens is 3. The Morgan fingerprint density at radius 3 is 2.86 bits per heavy atom. The molecule has 1 aromatic heterocycles. The molecule has 21 heavy (non-hydrogen) atoms. The van der Waals surface area contributed by atoms with Gasteiger partial charge in [-0.2, -0.15) is 11.8 Å². The zero-order chi connectivity index (χ0) is 15.4. The maximum atomic E-state index is 12.0. The number of aromatic carboxylic acids is 1. The largest absolute Gasteiger partial charge is 0.476 e. The van der Waals surface area contributed by atoms with Crippen LogP contribution in [0.15, 0.2) is 6.20 Å². The summed E-state index contributed by atoms with van der Waals surface area (Å²) in [6, 6.07) is 0.0604. The van der Waals surface area contributed by atoms with E-state index in [4.69, 9.17) is 5.11 Å². The van der Waals surface area contributed by atoms with Gasteiger partial charge in [0.15, 0.2) is 5.69 Å². The maximum Gasteiger partial charge on any atom is 0.358 e. The van der Waals surface area contributed by atoms with Crippen molar-refractivity contribution in [3.05, 3.63) is 11.9 Å². The number of thioether (sulfide) groups is 1. The van der Waals surface area contributed by atoms with Gasteiger partial charge in [-0.15, -0.1) is 5.10 Å². The number of nitrogens with one attached hydrogen (secondary N) is 1.